The molecule has 5 N–H and O–H groups in total. The zero-order chi connectivity index (χ0) is 27.6. The number of aromatic nitrogens is 1. The number of alkyl halides is 6. The van der Waals surface area contributed by atoms with Crippen molar-refractivity contribution in [2.75, 3.05) is 10.6 Å². The van der Waals surface area contributed by atoms with Crippen molar-refractivity contribution in [2.45, 2.75) is 31.4 Å². The highest BCUT2D eigenvalue weighted by molar-refractivity contribution is 6.08. The van der Waals surface area contributed by atoms with Gasteiger partial charge in [0, 0.05) is 35.2 Å². The summed E-state index contributed by atoms with van der Waals surface area (Å²) in [6.07, 6.45) is -10.8. The number of carbonyl (C=O) groups is 2. The van der Waals surface area contributed by atoms with E-state index in [2.05, 4.69) is 15.6 Å². The van der Waals surface area contributed by atoms with Gasteiger partial charge in [-0.2, -0.15) is 26.3 Å². The summed E-state index contributed by atoms with van der Waals surface area (Å²) in [4.78, 5) is 28.9. The number of anilines is 3. The maximum absolute atomic E-state index is 13.2. The van der Waals surface area contributed by atoms with Crippen molar-refractivity contribution >= 4 is 28.9 Å². The van der Waals surface area contributed by atoms with E-state index in [0.717, 1.165) is 12.1 Å². The summed E-state index contributed by atoms with van der Waals surface area (Å²) in [6, 6.07) is 10.1. The molecule has 1 heterocycles. The van der Waals surface area contributed by atoms with Crippen LogP contribution < -0.4 is 16.4 Å². The number of nitrogens with two attached hydrogens (primary N) is 1. The molecule has 3 aromatic rings. The minimum absolute atomic E-state index is 0.0198. The molecule has 7 nitrogen and oxygen atoms in total. The molecule has 0 aliphatic rings. The number of amides is 1. The van der Waals surface area contributed by atoms with Crippen LogP contribution in [-0.4, -0.2) is 34.1 Å². The lowest BCUT2D eigenvalue weighted by molar-refractivity contribution is -0.376. The molecule has 0 fully saturated rings. The van der Waals surface area contributed by atoms with Gasteiger partial charge in [0.15, 0.2) is 5.78 Å². The zero-order valence-electron chi connectivity index (χ0n) is 19.0. The Hall–Kier alpha value is -3.97. The lowest BCUT2D eigenvalue weighted by atomic mass is 9.92. The van der Waals surface area contributed by atoms with Gasteiger partial charge >= 0.3 is 12.4 Å². The predicted molar refractivity (Wildman–Crippen MR) is 122 cm³/mol. The second-order valence-electron chi connectivity index (χ2n) is 7.86. The lowest BCUT2D eigenvalue weighted by Gasteiger charge is -2.32. The second-order valence-corrected chi connectivity index (χ2v) is 7.86. The number of aliphatic hydroxyl groups is 1. The quantitative estimate of drug-likeness (QED) is 0.253. The SMILES string of the molecule is CC(=O)c1cccc(Nc2ncccc2C(=O)Nc2cccc(C(O)(C(F)(F)F)C(F)(F)F)c2)c1CN. The number of Topliss-reactive ketones (excluding diaryl/α,β-unsaturated/α-hetero) is 1. The molecule has 196 valence electrons. The van der Waals surface area contributed by atoms with Crippen LogP contribution in [0.25, 0.3) is 0 Å². The summed E-state index contributed by atoms with van der Waals surface area (Å²) >= 11 is 0. The van der Waals surface area contributed by atoms with Crippen molar-refractivity contribution in [1.29, 1.82) is 0 Å². The Balaban J connectivity index is 1.95. The van der Waals surface area contributed by atoms with Gasteiger partial charge in [0.25, 0.3) is 11.5 Å². The van der Waals surface area contributed by atoms with Crippen LogP contribution in [0.3, 0.4) is 0 Å². The van der Waals surface area contributed by atoms with E-state index in [1.165, 1.54) is 25.3 Å². The first-order valence-electron chi connectivity index (χ1n) is 10.5. The van der Waals surface area contributed by atoms with Crippen molar-refractivity contribution in [3.63, 3.8) is 0 Å². The minimum atomic E-state index is -6.08. The van der Waals surface area contributed by atoms with Gasteiger partial charge in [0.05, 0.1) is 5.56 Å². The third-order valence-electron chi connectivity index (χ3n) is 5.42. The summed E-state index contributed by atoms with van der Waals surface area (Å²) in [5.41, 5.74) is -0.304. The van der Waals surface area contributed by atoms with Crippen LogP contribution in [0.15, 0.2) is 60.8 Å². The summed E-state index contributed by atoms with van der Waals surface area (Å²) in [5, 5.41) is 14.7. The van der Waals surface area contributed by atoms with Gasteiger partial charge < -0.3 is 21.5 Å². The van der Waals surface area contributed by atoms with Crippen molar-refractivity contribution in [3.8, 4) is 0 Å². The molecule has 0 aliphatic carbocycles. The van der Waals surface area contributed by atoms with Crippen LogP contribution in [0, 0.1) is 0 Å². The van der Waals surface area contributed by atoms with E-state index < -0.39 is 35.1 Å². The predicted octanol–water partition coefficient (Wildman–Crippen LogP) is 5.05. The Morgan fingerprint density at radius 1 is 0.946 bits per heavy atom. The highest BCUT2D eigenvalue weighted by Crippen LogP contribution is 2.50. The van der Waals surface area contributed by atoms with Crippen LogP contribution in [-0.2, 0) is 12.1 Å². The van der Waals surface area contributed by atoms with Gasteiger partial charge in [-0.15, -0.1) is 0 Å². The minimum Gasteiger partial charge on any atom is -0.369 e. The highest BCUT2D eigenvalue weighted by atomic mass is 19.4. The molecule has 13 heteroatoms. The van der Waals surface area contributed by atoms with E-state index in [1.54, 1.807) is 18.2 Å². The number of hydrogen-bond acceptors (Lipinski definition) is 6. The molecule has 0 saturated carbocycles. The molecule has 37 heavy (non-hydrogen) atoms. The number of ketones is 1. The van der Waals surface area contributed by atoms with Crippen molar-refractivity contribution < 1.29 is 41.0 Å². The number of rotatable bonds is 7. The standard InChI is InChI=1S/C24H20F6N4O3/c1-13(35)16-7-3-9-19(18(16)12-31)34-20-17(8-4-10-32-20)21(36)33-15-6-2-5-14(11-15)22(37,23(25,26)27)24(28,29)30/h2-11,37H,12,31H2,1H3,(H,32,34)(H,33,36). The Morgan fingerprint density at radius 3 is 2.16 bits per heavy atom. The number of nitrogens with one attached hydrogen (secondary N) is 2. The molecule has 3 rings (SSSR count). The van der Waals surface area contributed by atoms with Crippen molar-refractivity contribution in [1.82, 2.24) is 4.98 Å². The molecule has 0 radical (unpaired) electrons. The maximum atomic E-state index is 13.2. The molecule has 0 bridgehead atoms. The lowest BCUT2D eigenvalue weighted by Crippen LogP contribution is -2.53. The van der Waals surface area contributed by atoms with Gasteiger partial charge in [0.2, 0.25) is 0 Å². The van der Waals surface area contributed by atoms with Gasteiger partial charge in [-0.3, -0.25) is 9.59 Å². The van der Waals surface area contributed by atoms with E-state index >= 15 is 0 Å². The average Bonchev–Trinajstić information content (AvgIpc) is 2.82. The fraction of sp³-hybridized carbons (Fsp3) is 0.208. The number of carbonyl (C=O) groups excluding carboxylic acids is 2. The van der Waals surface area contributed by atoms with Crippen LogP contribution in [0.4, 0.5) is 43.5 Å². The number of halogens is 6. The summed E-state index contributed by atoms with van der Waals surface area (Å²) in [5.74, 6) is -1.19. The first-order chi connectivity index (χ1) is 17.2. The van der Waals surface area contributed by atoms with Gasteiger partial charge in [-0.05, 0) is 42.8 Å². The number of nitrogens with zero attached hydrogens (tertiary/aromatic N) is 1. The molecular formula is C24H20F6N4O3. The fourth-order valence-electron chi connectivity index (χ4n) is 3.58. The van der Waals surface area contributed by atoms with Crippen molar-refractivity contribution in [2.24, 2.45) is 5.73 Å². The van der Waals surface area contributed by atoms with Crippen molar-refractivity contribution in [3.05, 3.63) is 83.0 Å². The Morgan fingerprint density at radius 2 is 1.57 bits per heavy atom. The largest absolute Gasteiger partial charge is 0.430 e. The fourth-order valence-corrected chi connectivity index (χ4v) is 3.58. The molecule has 0 aliphatic heterocycles. The molecule has 0 atom stereocenters. The van der Waals surface area contributed by atoms with Crippen LogP contribution in [0.5, 0.6) is 0 Å². The first kappa shape index (κ1) is 27.6. The van der Waals surface area contributed by atoms with Crippen LogP contribution in [0.2, 0.25) is 0 Å². The van der Waals surface area contributed by atoms with E-state index in [-0.39, 0.29) is 23.7 Å². The molecule has 0 saturated heterocycles. The van der Waals surface area contributed by atoms with E-state index in [9.17, 15) is 41.0 Å². The van der Waals surface area contributed by atoms with E-state index in [1.807, 2.05) is 0 Å². The Kier molecular flexibility index (Phi) is 7.60. The topological polar surface area (TPSA) is 117 Å². The molecule has 0 spiro atoms. The monoisotopic (exact) mass is 526 g/mol. The average molecular weight is 526 g/mol. The van der Waals surface area contributed by atoms with Gasteiger partial charge in [-0.25, -0.2) is 4.98 Å². The number of hydrogen-bond donors (Lipinski definition) is 4. The van der Waals surface area contributed by atoms with Gasteiger partial charge in [-0.1, -0.05) is 24.3 Å². The molecular weight excluding hydrogens is 506 g/mol. The third kappa shape index (κ3) is 5.42. The number of benzene rings is 2. The molecule has 0 unspecified atom stereocenters. The van der Waals surface area contributed by atoms with E-state index in [0.29, 0.717) is 28.9 Å². The summed E-state index contributed by atoms with van der Waals surface area (Å²) < 4.78 is 79.4. The smallest absolute Gasteiger partial charge is 0.369 e. The molecule has 1 aromatic heterocycles. The highest BCUT2D eigenvalue weighted by Gasteiger charge is 2.71. The van der Waals surface area contributed by atoms with Crippen LogP contribution in [0.1, 0.15) is 38.8 Å². The Bertz CT molecular complexity index is 1310. The van der Waals surface area contributed by atoms with Gasteiger partial charge in [0.1, 0.15) is 5.82 Å². The normalized spacial score (nSPS) is 12.2. The first-order valence-corrected chi connectivity index (χ1v) is 10.5. The van der Waals surface area contributed by atoms with Crippen LogP contribution >= 0.6 is 0 Å². The maximum Gasteiger partial charge on any atom is 0.430 e. The van der Waals surface area contributed by atoms with E-state index in [4.69, 9.17) is 5.73 Å². The summed E-state index contributed by atoms with van der Waals surface area (Å²) in [7, 11) is 0. The zero-order valence-corrected chi connectivity index (χ0v) is 19.0. The number of pyridine rings is 1. The summed E-state index contributed by atoms with van der Waals surface area (Å²) in [6.45, 7) is 1.32. The second kappa shape index (κ2) is 10.2. The Labute approximate surface area is 206 Å². The third-order valence-corrected chi connectivity index (χ3v) is 5.42. The molecule has 1 amide bonds. The molecule has 2 aromatic carbocycles.